The first-order valence-corrected chi connectivity index (χ1v) is 8.22. The maximum absolute atomic E-state index is 12.2. The van der Waals surface area contributed by atoms with Crippen molar-refractivity contribution in [1.29, 1.82) is 0 Å². The quantitative estimate of drug-likeness (QED) is 0.923. The molecular formula is C18H24N2O2. The Morgan fingerprint density at radius 2 is 1.95 bits per heavy atom. The highest BCUT2D eigenvalue weighted by molar-refractivity contribution is 5.96. The molecule has 2 aliphatic rings. The summed E-state index contributed by atoms with van der Waals surface area (Å²) in [7, 11) is 2.16. The molecule has 4 heteroatoms. The lowest BCUT2D eigenvalue weighted by Crippen LogP contribution is -2.32. The monoisotopic (exact) mass is 300 g/mol. The number of amides is 1. The number of carbonyl (C=O) groups is 2. The lowest BCUT2D eigenvalue weighted by molar-refractivity contribution is -0.117. The van der Waals surface area contributed by atoms with E-state index in [0.717, 1.165) is 43.1 Å². The Hall–Kier alpha value is -1.68. The third kappa shape index (κ3) is 3.55. The molecule has 0 saturated carbocycles. The minimum atomic E-state index is -0.0184. The lowest BCUT2D eigenvalue weighted by atomic mass is 9.94. The molecule has 1 N–H and O–H groups in total. The Kier molecular flexibility index (Phi) is 4.57. The van der Waals surface area contributed by atoms with Crippen LogP contribution < -0.4 is 5.32 Å². The Labute approximate surface area is 131 Å². The zero-order valence-electron chi connectivity index (χ0n) is 13.2. The number of nitrogens with one attached hydrogen (secondary N) is 1. The van der Waals surface area contributed by atoms with Gasteiger partial charge in [0.05, 0.1) is 0 Å². The molecule has 118 valence electrons. The van der Waals surface area contributed by atoms with Crippen LogP contribution in [0.5, 0.6) is 0 Å². The Morgan fingerprint density at radius 3 is 2.73 bits per heavy atom. The van der Waals surface area contributed by atoms with Crippen molar-refractivity contribution in [1.82, 2.24) is 10.2 Å². The van der Waals surface area contributed by atoms with E-state index in [1.807, 2.05) is 18.2 Å². The van der Waals surface area contributed by atoms with Gasteiger partial charge in [0.15, 0.2) is 0 Å². The van der Waals surface area contributed by atoms with E-state index in [0.29, 0.717) is 18.4 Å². The van der Waals surface area contributed by atoms with Crippen molar-refractivity contribution in [2.75, 3.05) is 26.7 Å². The fourth-order valence-corrected chi connectivity index (χ4v) is 3.43. The van der Waals surface area contributed by atoms with Crippen LogP contribution in [-0.2, 0) is 17.6 Å². The average Bonchev–Trinajstić information content (AvgIpc) is 2.88. The second-order valence-electron chi connectivity index (χ2n) is 6.67. The second-order valence-corrected chi connectivity index (χ2v) is 6.67. The molecule has 0 bridgehead atoms. The largest absolute Gasteiger partial charge is 0.352 e. The third-order valence-corrected chi connectivity index (χ3v) is 4.92. The van der Waals surface area contributed by atoms with Gasteiger partial charge in [-0.15, -0.1) is 0 Å². The standard InChI is InChI=1S/C18H24N2O2/c1-20-8-5-13(6-9-20)4-7-19-18(22)15-3-2-14-11-17(21)12-16(14)10-15/h2-3,10,13H,4-9,11-12H2,1H3,(H,19,22). The molecule has 0 aromatic heterocycles. The van der Waals surface area contributed by atoms with Crippen molar-refractivity contribution in [3.05, 3.63) is 34.9 Å². The van der Waals surface area contributed by atoms with E-state index >= 15 is 0 Å². The smallest absolute Gasteiger partial charge is 0.251 e. The van der Waals surface area contributed by atoms with Crippen molar-refractivity contribution in [3.8, 4) is 0 Å². The number of hydrogen-bond donors (Lipinski definition) is 1. The van der Waals surface area contributed by atoms with Crippen molar-refractivity contribution in [2.45, 2.75) is 32.1 Å². The first-order chi connectivity index (χ1) is 10.6. The number of likely N-dealkylation sites (tertiary alicyclic amines) is 1. The van der Waals surface area contributed by atoms with Gasteiger partial charge in [-0.1, -0.05) is 6.07 Å². The number of Topliss-reactive ketones (excluding diaryl/α,β-unsaturated/α-hetero) is 1. The van der Waals surface area contributed by atoms with Crippen LogP contribution in [-0.4, -0.2) is 43.3 Å². The topological polar surface area (TPSA) is 49.4 Å². The first kappa shape index (κ1) is 15.2. The highest BCUT2D eigenvalue weighted by Gasteiger charge is 2.20. The van der Waals surface area contributed by atoms with Gasteiger partial charge in [0.1, 0.15) is 5.78 Å². The van der Waals surface area contributed by atoms with E-state index in [4.69, 9.17) is 0 Å². The molecule has 0 unspecified atom stereocenters. The maximum atomic E-state index is 12.2. The summed E-state index contributed by atoms with van der Waals surface area (Å²) < 4.78 is 0. The van der Waals surface area contributed by atoms with Crippen molar-refractivity contribution < 1.29 is 9.59 Å². The van der Waals surface area contributed by atoms with Crippen molar-refractivity contribution in [2.24, 2.45) is 5.92 Å². The number of benzene rings is 1. The van der Waals surface area contributed by atoms with Gasteiger partial charge in [-0.05, 0) is 68.6 Å². The number of fused-ring (bicyclic) bond motifs is 1. The third-order valence-electron chi connectivity index (χ3n) is 4.92. The summed E-state index contributed by atoms with van der Waals surface area (Å²) in [6.45, 7) is 3.07. The fraction of sp³-hybridized carbons (Fsp3) is 0.556. The van der Waals surface area contributed by atoms with E-state index in [2.05, 4.69) is 17.3 Å². The number of hydrogen-bond acceptors (Lipinski definition) is 3. The van der Waals surface area contributed by atoms with Gasteiger partial charge in [-0.25, -0.2) is 0 Å². The van der Waals surface area contributed by atoms with Crippen LogP contribution in [0.3, 0.4) is 0 Å². The number of piperidine rings is 1. The van der Waals surface area contributed by atoms with E-state index in [1.165, 1.54) is 12.8 Å². The van der Waals surface area contributed by atoms with E-state index in [9.17, 15) is 9.59 Å². The minimum absolute atomic E-state index is 0.0184. The Bertz CT molecular complexity index is 574. The predicted molar refractivity (Wildman–Crippen MR) is 86.0 cm³/mol. The Balaban J connectivity index is 1.48. The highest BCUT2D eigenvalue weighted by Crippen LogP contribution is 2.21. The summed E-state index contributed by atoms with van der Waals surface area (Å²) in [6, 6.07) is 5.64. The van der Waals surface area contributed by atoms with Crippen LogP contribution in [0.25, 0.3) is 0 Å². The summed E-state index contributed by atoms with van der Waals surface area (Å²) in [5, 5.41) is 3.02. The summed E-state index contributed by atoms with van der Waals surface area (Å²) >= 11 is 0. The molecule has 1 heterocycles. The molecule has 1 saturated heterocycles. The zero-order chi connectivity index (χ0) is 15.5. The molecular weight excluding hydrogens is 276 g/mol. The average molecular weight is 300 g/mol. The van der Waals surface area contributed by atoms with Crippen LogP contribution in [0.4, 0.5) is 0 Å². The van der Waals surface area contributed by atoms with Gasteiger partial charge in [0, 0.05) is 24.9 Å². The molecule has 1 aliphatic carbocycles. The fourth-order valence-electron chi connectivity index (χ4n) is 3.43. The molecule has 4 nitrogen and oxygen atoms in total. The van der Waals surface area contributed by atoms with Crippen LogP contribution in [0.1, 0.15) is 40.7 Å². The summed E-state index contributed by atoms with van der Waals surface area (Å²) in [5.74, 6) is 0.957. The molecule has 3 rings (SSSR count). The highest BCUT2D eigenvalue weighted by atomic mass is 16.1. The van der Waals surface area contributed by atoms with E-state index < -0.39 is 0 Å². The first-order valence-electron chi connectivity index (χ1n) is 8.22. The molecule has 0 atom stereocenters. The molecule has 1 amide bonds. The van der Waals surface area contributed by atoms with Crippen LogP contribution in [0.2, 0.25) is 0 Å². The summed E-state index contributed by atoms with van der Waals surface area (Å²) in [4.78, 5) is 26.0. The van der Waals surface area contributed by atoms with Gasteiger partial charge in [-0.3, -0.25) is 9.59 Å². The van der Waals surface area contributed by atoms with Crippen LogP contribution in [0.15, 0.2) is 18.2 Å². The van der Waals surface area contributed by atoms with E-state index in [1.54, 1.807) is 0 Å². The molecule has 1 aliphatic heterocycles. The molecule has 0 spiro atoms. The second kappa shape index (κ2) is 6.61. The van der Waals surface area contributed by atoms with Gasteiger partial charge >= 0.3 is 0 Å². The maximum Gasteiger partial charge on any atom is 0.251 e. The predicted octanol–water partition coefficient (Wildman–Crippen LogP) is 1.82. The molecule has 1 aromatic carbocycles. The zero-order valence-corrected chi connectivity index (χ0v) is 13.2. The van der Waals surface area contributed by atoms with Gasteiger partial charge in [-0.2, -0.15) is 0 Å². The number of carbonyl (C=O) groups excluding carboxylic acids is 2. The number of rotatable bonds is 4. The van der Waals surface area contributed by atoms with Crippen molar-refractivity contribution >= 4 is 11.7 Å². The van der Waals surface area contributed by atoms with Gasteiger partial charge < -0.3 is 10.2 Å². The molecule has 0 radical (unpaired) electrons. The number of ketones is 1. The molecule has 1 aromatic rings. The lowest BCUT2D eigenvalue weighted by Gasteiger charge is -2.28. The van der Waals surface area contributed by atoms with Crippen LogP contribution in [0, 0.1) is 5.92 Å². The SMILES string of the molecule is CN1CCC(CCNC(=O)c2ccc3c(c2)CC(=O)C3)CC1. The Morgan fingerprint density at radius 1 is 1.23 bits per heavy atom. The van der Waals surface area contributed by atoms with Crippen LogP contribution >= 0.6 is 0 Å². The van der Waals surface area contributed by atoms with E-state index in [-0.39, 0.29) is 11.7 Å². The minimum Gasteiger partial charge on any atom is -0.352 e. The molecule has 22 heavy (non-hydrogen) atoms. The summed E-state index contributed by atoms with van der Waals surface area (Å²) in [5.41, 5.74) is 2.78. The normalized spacial score (nSPS) is 19.2. The van der Waals surface area contributed by atoms with Gasteiger partial charge in [0.2, 0.25) is 0 Å². The van der Waals surface area contributed by atoms with Crippen molar-refractivity contribution in [3.63, 3.8) is 0 Å². The summed E-state index contributed by atoms with van der Waals surface area (Å²) in [6.07, 6.45) is 4.52. The number of nitrogens with zero attached hydrogens (tertiary/aromatic N) is 1. The van der Waals surface area contributed by atoms with Gasteiger partial charge in [0.25, 0.3) is 5.91 Å². The molecule has 1 fully saturated rings.